The minimum Gasteiger partial charge on any atom is -0.480 e. The Morgan fingerprint density at radius 3 is 2.34 bits per heavy atom. The number of carbonyl (C=O) groups is 3. The third-order valence-corrected chi connectivity index (χ3v) is 6.52. The summed E-state index contributed by atoms with van der Waals surface area (Å²) < 4.78 is 6.92. The van der Waals surface area contributed by atoms with Gasteiger partial charge in [0.1, 0.15) is 19.2 Å². The molecule has 2 aliphatic carbocycles. The molecule has 180 valence electrons. The van der Waals surface area contributed by atoms with E-state index in [1.54, 1.807) is 0 Å². The van der Waals surface area contributed by atoms with E-state index in [1.807, 2.05) is 24.3 Å². The molecule has 2 N–H and O–H groups in total. The van der Waals surface area contributed by atoms with Gasteiger partial charge in [-0.25, -0.2) is 9.59 Å². The van der Waals surface area contributed by atoms with Crippen LogP contribution in [0.4, 0.5) is 10.5 Å². The number of aliphatic carboxylic acids is 1. The summed E-state index contributed by atoms with van der Waals surface area (Å²) in [4.78, 5) is 38.0. The summed E-state index contributed by atoms with van der Waals surface area (Å²) in [5.74, 6) is -1.40. The first-order valence-electron chi connectivity index (χ1n) is 11.6. The fourth-order valence-electron chi connectivity index (χ4n) is 4.69. The molecule has 1 saturated carbocycles. The summed E-state index contributed by atoms with van der Waals surface area (Å²) in [7, 11) is 0. The van der Waals surface area contributed by atoms with Crippen LogP contribution in [-0.2, 0) is 20.9 Å². The molecule has 0 saturated heterocycles. The van der Waals surface area contributed by atoms with Crippen molar-refractivity contribution in [3.8, 4) is 11.1 Å². The van der Waals surface area contributed by atoms with E-state index in [0.717, 1.165) is 35.1 Å². The van der Waals surface area contributed by atoms with Crippen LogP contribution in [0.5, 0.6) is 0 Å². The van der Waals surface area contributed by atoms with E-state index >= 15 is 0 Å². The number of benzene rings is 2. The third-order valence-electron chi connectivity index (χ3n) is 6.52. The van der Waals surface area contributed by atoms with Crippen molar-refractivity contribution in [3.63, 3.8) is 0 Å². The van der Waals surface area contributed by atoms with Crippen molar-refractivity contribution in [2.24, 2.45) is 0 Å². The predicted molar refractivity (Wildman–Crippen MR) is 128 cm³/mol. The molecule has 1 atom stereocenters. The lowest BCUT2D eigenvalue weighted by Crippen LogP contribution is -2.46. The second-order valence-electron chi connectivity index (χ2n) is 8.92. The average molecular weight is 475 g/mol. The van der Waals surface area contributed by atoms with E-state index in [2.05, 4.69) is 34.7 Å². The Labute approximate surface area is 202 Å². The lowest BCUT2D eigenvalue weighted by atomic mass is 9.98. The van der Waals surface area contributed by atoms with Crippen LogP contribution in [0.1, 0.15) is 36.8 Å². The molecule has 2 amide bonds. The highest BCUT2D eigenvalue weighted by atomic mass is 16.5. The first kappa shape index (κ1) is 22.6. The van der Waals surface area contributed by atoms with Crippen molar-refractivity contribution >= 4 is 23.7 Å². The molecular weight excluding hydrogens is 448 g/mol. The second kappa shape index (κ2) is 9.25. The van der Waals surface area contributed by atoms with E-state index in [0.29, 0.717) is 5.69 Å². The molecule has 35 heavy (non-hydrogen) atoms. The van der Waals surface area contributed by atoms with E-state index in [9.17, 15) is 19.5 Å². The van der Waals surface area contributed by atoms with Gasteiger partial charge in [-0.3, -0.25) is 14.8 Å². The first-order valence-corrected chi connectivity index (χ1v) is 11.6. The Balaban J connectivity index is 1.19. The molecule has 0 spiro atoms. The second-order valence-corrected chi connectivity index (χ2v) is 8.92. The van der Waals surface area contributed by atoms with E-state index < -0.39 is 18.1 Å². The number of carboxylic acid groups (broad SMARTS) is 1. The van der Waals surface area contributed by atoms with Gasteiger partial charge in [0.05, 0.1) is 11.9 Å². The molecule has 2 aliphatic rings. The maximum Gasteiger partial charge on any atom is 0.411 e. The van der Waals surface area contributed by atoms with Crippen molar-refractivity contribution in [3.05, 3.63) is 72.1 Å². The molecule has 1 heterocycles. The quantitative estimate of drug-likeness (QED) is 0.515. The number of nitrogens with zero attached hydrogens (tertiary/aromatic N) is 3. The number of rotatable bonds is 8. The van der Waals surface area contributed by atoms with E-state index in [1.165, 1.54) is 28.9 Å². The fourth-order valence-corrected chi connectivity index (χ4v) is 4.69. The van der Waals surface area contributed by atoms with Crippen molar-refractivity contribution in [2.45, 2.75) is 44.3 Å². The van der Waals surface area contributed by atoms with Crippen molar-refractivity contribution in [1.82, 2.24) is 14.7 Å². The van der Waals surface area contributed by atoms with Gasteiger partial charge in [-0.2, -0.15) is 5.10 Å². The summed E-state index contributed by atoms with van der Waals surface area (Å²) in [6.07, 6.45) is 3.94. The summed E-state index contributed by atoms with van der Waals surface area (Å²) in [6, 6.07) is 15.3. The zero-order chi connectivity index (χ0) is 24.5. The van der Waals surface area contributed by atoms with Crippen LogP contribution in [-0.4, -0.2) is 56.4 Å². The van der Waals surface area contributed by atoms with Gasteiger partial charge in [0.25, 0.3) is 0 Å². The number of hydrogen-bond donors (Lipinski definition) is 2. The molecule has 3 aromatic rings. The Morgan fingerprint density at radius 1 is 1.11 bits per heavy atom. The lowest BCUT2D eigenvalue weighted by molar-refractivity contribution is -0.150. The van der Waals surface area contributed by atoms with Gasteiger partial charge < -0.3 is 14.7 Å². The standard InChI is InChI=1S/C26H26N4O5/c1-16(25(32)33)30(18-10-11-18)24(31)14-29-13-17(12-27-29)28-26(34)35-15-23-21-8-4-2-6-19(21)20-7-3-5-9-22(20)23/h2-9,12-13,16,18,23H,10-11,14-15H2,1H3,(H,28,34)(H,32,33). The number of aromatic nitrogens is 2. The maximum atomic E-state index is 12.7. The third kappa shape index (κ3) is 4.62. The van der Waals surface area contributed by atoms with Crippen LogP contribution in [0.15, 0.2) is 60.9 Å². The number of carboxylic acids is 1. The summed E-state index contributed by atoms with van der Waals surface area (Å²) >= 11 is 0. The topological polar surface area (TPSA) is 114 Å². The molecule has 1 unspecified atom stereocenters. The highest BCUT2D eigenvalue weighted by Crippen LogP contribution is 2.44. The van der Waals surface area contributed by atoms with Crippen LogP contribution in [0, 0.1) is 0 Å². The first-order chi connectivity index (χ1) is 16.9. The molecule has 5 rings (SSSR count). The highest BCUT2D eigenvalue weighted by Gasteiger charge is 2.38. The molecule has 2 aromatic carbocycles. The Bertz CT molecular complexity index is 1240. The number of hydrogen-bond acceptors (Lipinski definition) is 5. The highest BCUT2D eigenvalue weighted by molar-refractivity contribution is 5.85. The smallest absolute Gasteiger partial charge is 0.411 e. The lowest BCUT2D eigenvalue weighted by Gasteiger charge is -2.26. The van der Waals surface area contributed by atoms with Crippen molar-refractivity contribution in [1.29, 1.82) is 0 Å². The van der Waals surface area contributed by atoms with Crippen molar-refractivity contribution in [2.75, 3.05) is 11.9 Å². The van der Waals surface area contributed by atoms with Gasteiger partial charge in [-0.1, -0.05) is 48.5 Å². The van der Waals surface area contributed by atoms with Gasteiger partial charge in [0.2, 0.25) is 5.91 Å². The summed E-state index contributed by atoms with van der Waals surface area (Å²) in [5.41, 5.74) is 4.95. The van der Waals surface area contributed by atoms with Crippen LogP contribution in [0.2, 0.25) is 0 Å². The normalized spacial score (nSPS) is 15.1. The number of carbonyl (C=O) groups excluding carboxylic acids is 2. The van der Waals surface area contributed by atoms with E-state index in [-0.39, 0.29) is 31.0 Å². The SMILES string of the molecule is CC(C(=O)O)N(C(=O)Cn1cc(NC(=O)OCC2c3ccccc3-c3ccccc32)cn1)C1CC1. The zero-order valence-corrected chi connectivity index (χ0v) is 19.3. The largest absolute Gasteiger partial charge is 0.480 e. The number of amides is 2. The molecule has 9 nitrogen and oxygen atoms in total. The molecule has 1 fully saturated rings. The van der Waals surface area contributed by atoms with Crippen LogP contribution < -0.4 is 5.32 Å². The molecule has 0 radical (unpaired) electrons. The van der Waals surface area contributed by atoms with Crippen LogP contribution in [0.3, 0.4) is 0 Å². The van der Waals surface area contributed by atoms with E-state index in [4.69, 9.17) is 4.74 Å². The van der Waals surface area contributed by atoms with Gasteiger partial charge >= 0.3 is 12.1 Å². The Morgan fingerprint density at radius 2 is 1.74 bits per heavy atom. The van der Waals surface area contributed by atoms with Gasteiger partial charge in [-0.15, -0.1) is 0 Å². The number of nitrogens with one attached hydrogen (secondary N) is 1. The molecule has 9 heteroatoms. The van der Waals surface area contributed by atoms with Crippen molar-refractivity contribution < 1.29 is 24.2 Å². The van der Waals surface area contributed by atoms with Gasteiger partial charge in [0.15, 0.2) is 0 Å². The van der Waals surface area contributed by atoms with Gasteiger partial charge in [0, 0.05) is 18.2 Å². The Hall–Kier alpha value is -4.14. The summed E-state index contributed by atoms with van der Waals surface area (Å²) in [6.45, 7) is 1.59. The zero-order valence-electron chi connectivity index (χ0n) is 19.3. The molecule has 0 aliphatic heterocycles. The molecule has 0 bridgehead atoms. The summed E-state index contributed by atoms with van der Waals surface area (Å²) in [5, 5.41) is 16.1. The monoisotopic (exact) mass is 474 g/mol. The van der Waals surface area contributed by atoms with Gasteiger partial charge in [-0.05, 0) is 42.0 Å². The molecule has 1 aromatic heterocycles. The average Bonchev–Trinajstić information content (AvgIpc) is 3.50. The van der Waals surface area contributed by atoms with Crippen LogP contribution in [0.25, 0.3) is 11.1 Å². The fraction of sp³-hybridized carbons (Fsp3) is 0.308. The minimum atomic E-state index is -1.04. The minimum absolute atomic E-state index is 0.0393. The number of anilines is 1. The predicted octanol–water partition coefficient (Wildman–Crippen LogP) is 3.71. The number of ether oxygens (including phenoxy) is 1. The van der Waals surface area contributed by atoms with Crippen LogP contribution >= 0.6 is 0 Å². The Kier molecular flexibility index (Phi) is 5.98. The molecular formula is C26H26N4O5. The number of fused-ring (bicyclic) bond motifs is 3. The maximum absolute atomic E-state index is 12.7.